The second-order valence-corrected chi connectivity index (χ2v) is 7.00. The van der Waals surface area contributed by atoms with E-state index < -0.39 is 0 Å². The molecule has 0 aliphatic carbocycles. The summed E-state index contributed by atoms with van der Waals surface area (Å²) in [5, 5.41) is 6.78. The van der Waals surface area contributed by atoms with Crippen molar-refractivity contribution in [3.8, 4) is 11.5 Å². The van der Waals surface area contributed by atoms with Gasteiger partial charge in [-0.1, -0.05) is 6.92 Å². The zero-order valence-corrected chi connectivity index (χ0v) is 18.8. The SMILES string of the molecule is CCN1CCC(CCNC(=NC)Nc2ccc3c(c2)OCCCO3)CC1.I. The maximum atomic E-state index is 5.75. The van der Waals surface area contributed by atoms with Crippen LogP contribution in [0.3, 0.4) is 0 Å². The average Bonchev–Trinajstić information content (AvgIpc) is 2.92. The van der Waals surface area contributed by atoms with Crippen LogP contribution in [-0.4, -0.2) is 57.3 Å². The Hall–Kier alpha value is -1.22. The molecular formula is C20H33IN4O2. The summed E-state index contributed by atoms with van der Waals surface area (Å²) < 4.78 is 11.4. The molecule has 2 aliphatic rings. The van der Waals surface area contributed by atoms with Crippen molar-refractivity contribution in [1.29, 1.82) is 0 Å². The minimum Gasteiger partial charge on any atom is -0.490 e. The molecule has 152 valence electrons. The Bertz CT molecular complexity index is 604. The lowest BCUT2D eigenvalue weighted by molar-refractivity contribution is 0.187. The number of benzene rings is 1. The van der Waals surface area contributed by atoms with Crippen molar-refractivity contribution in [3.63, 3.8) is 0 Å². The van der Waals surface area contributed by atoms with Gasteiger partial charge in [0, 0.05) is 31.8 Å². The van der Waals surface area contributed by atoms with Crippen LogP contribution in [0.15, 0.2) is 23.2 Å². The number of aliphatic imine (C=N–C) groups is 1. The van der Waals surface area contributed by atoms with E-state index in [-0.39, 0.29) is 24.0 Å². The zero-order valence-electron chi connectivity index (χ0n) is 16.5. The highest BCUT2D eigenvalue weighted by Gasteiger charge is 2.17. The number of nitrogens with zero attached hydrogens (tertiary/aromatic N) is 2. The summed E-state index contributed by atoms with van der Waals surface area (Å²) in [4.78, 5) is 6.87. The van der Waals surface area contributed by atoms with Crippen molar-refractivity contribution in [2.24, 2.45) is 10.9 Å². The maximum Gasteiger partial charge on any atom is 0.195 e. The highest BCUT2D eigenvalue weighted by Crippen LogP contribution is 2.32. The van der Waals surface area contributed by atoms with Crippen LogP contribution in [0.25, 0.3) is 0 Å². The lowest BCUT2D eigenvalue weighted by Crippen LogP contribution is -2.36. The van der Waals surface area contributed by atoms with Gasteiger partial charge in [-0.2, -0.15) is 0 Å². The predicted molar refractivity (Wildman–Crippen MR) is 122 cm³/mol. The highest BCUT2D eigenvalue weighted by molar-refractivity contribution is 14.0. The van der Waals surface area contributed by atoms with Gasteiger partial charge in [0.05, 0.1) is 13.2 Å². The van der Waals surface area contributed by atoms with E-state index in [4.69, 9.17) is 9.47 Å². The molecule has 2 aliphatic heterocycles. The van der Waals surface area contributed by atoms with Crippen molar-refractivity contribution < 1.29 is 9.47 Å². The lowest BCUT2D eigenvalue weighted by atomic mass is 9.93. The molecule has 6 nitrogen and oxygen atoms in total. The fraction of sp³-hybridized carbons (Fsp3) is 0.650. The van der Waals surface area contributed by atoms with Gasteiger partial charge in [-0.3, -0.25) is 4.99 Å². The monoisotopic (exact) mass is 488 g/mol. The van der Waals surface area contributed by atoms with Gasteiger partial charge in [0.25, 0.3) is 0 Å². The van der Waals surface area contributed by atoms with Crippen molar-refractivity contribution in [2.45, 2.75) is 32.6 Å². The number of rotatable bonds is 5. The van der Waals surface area contributed by atoms with E-state index in [0.717, 1.165) is 42.0 Å². The topological polar surface area (TPSA) is 58.1 Å². The predicted octanol–water partition coefficient (Wildman–Crippen LogP) is 3.58. The number of guanidine groups is 1. The van der Waals surface area contributed by atoms with Gasteiger partial charge in [-0.15, -0.1) is 24.0 Å². The molecule has 1 saturated heterocycles. The molecule has 0 bridgehead atoms. The number of hydrogen-bond acceptors (Lipinski definition) is 4. The first-order valence-corrected chi connectivity index (χ1v) is 9.88. The summed E-state index contributed by atoms with van der Waals surface area (Å²) in [6.45, 7) is 8.26. The fourth-order valence-electron chi connectivity index (χ4n) is 3.54. The third-order valence-electron chi connectivity index (χ3n) is 5.23. The van der Waals surface area contributed by atoms with Crippen LogP contribution in [0.4, 0.5) is 5.69 Å². The van der Waals surface area contributed by atoms with Gasteiger partial charge in [0.2, 0.25) is 0 Å². The van der Waals surface area contributed by atoms with E-state index in [1.807, 2.05) is 18.2 Å². The third-order valence-corrected chi connectivity index (χ3v) is 5.23. The Balaban J connectivity index is 0.00000261. The number of hydrogen-bond donors (Lipinski definition) is 2. The second-order valence-electron chi connectivity index (χ2n) is 7.00. The van der Waals surface area contributed by atoms with Crippen LogP contribution in [0.1, 0.15) is 32.6 Å². The van der Waals surface area contributed by atoms with Crippen molar-refractivity contribution in [3.05, 3.63) is 18.2 Å². The summed E-state index contributed by atoms with van der Waals surface area (Å²) in [6, 6.07) is 5.94. The first-order chi connectivity index (χ1) is 12.8. The van der Waals surface area contributed by atoms with Gasteiger partial charge >= 0.3 is 0 Å². The number of likely N-dealkylation sites (tertiary alicyclic amines) is 1. The van der Waals surface area contributed by atoms with Crippen LogP contribution in [0.2, 0.25) is 0 Å². The van der Waals surface area contributed by atoms with Crippen molar-refractivity contribution in [1.82, 2.24) is 10.2 Å². The smallest absolute Gasteiger partial charge is 0.195 e. The molecule has 2 N–H and O–H groups in total. The molecule has 1 fully saturated rings. The average molecular weight is 488 g/mol. The number of anilines is 1. The zero-order chi connectivity index (χ0) is 18.2. The highest BCUT2D eigenvalue weighted by atomic mass is 127. The lowest BCUT2D eigenvalue weighted by Gasteiger charge is -2.31. The van der Waals surface area contributed by atoms with Crippen molar-refractivity contribution >= 4 is 35.6 Å². The number of ether oxygens (including phenoxy) is 2. The Morgan fingerprint density at radius 1 is 1.19 bits per heavy atom. The first-order valence-electron chi connectivity index (χ1n) is 9.88. The normalized spacial score (nSPS) is 18.4. The summed E-state index contributed by atoms with van der Waals surface area (Å²) in [5.74, 6) is 3.23. The van der Waals surface area contributed by atoms with Gasteiger partial charge in [0.15, 0.2) is 17.5 Å². The molecule has 27 heavy (non-hydrogen) atoms. The molecular weight excluding hydrogens is 455 g/mol. The number of nitrogens with one attached hydrogen (secondary N) is 2. The standard InChI is InChI=1S/C20H32N4O2.HI/c1-3-24-11-8-16(9-12-24)7-10-22-20(21-2)23-17-5-6-18-19(15-17)26-14-4-13-25-18;/h5-6,15-16H,3-4,7-14H2,1-2H3,(H2,21,22,23);1H. The molecule has 1 aromatic rings. The van der Waals surface area contributed by atoms with Gasteiger partial charge < -0.3 is 25.0 Å². The summed E-state index contributed by atoms with van der Waals surface area (Å²) in [6.07, 6.45) is 4.73. The molecule has 0 radical (unpaired) electrons. The maximum absolute atomic E-state index is 5.75. The molecule has 3 rings (SSSR count). The molecule has 2 heterocycles. The molecule has 0 aromatic heterocycles. The minimum absolute atomic E-state index is 0. The van der Waals surface area contributed by atoms with Gasteiger partial charge in [0.1, 0.15) is 0 Å². The Morgan fingerprint density at radius 2 is 1.93 bits per heavy atom. The van der Waals surface area contributed by atoms with Crippen LogP contribution in [-0.2, 0) is 0 Å². The number of fused-ring (bicyclic) bond motifs is 1. The van der Waals surface area contributed by atoms with E-state index in [1.165, 1.54) is 38.9 Å². The summed E-state index contributed by atoms with van der Waals surface area (Å²) in [7, 11) is 1.80. The van der Waals surface area contributed by atoms with E-state index in [2.05, 4.69) is 27.4 Å². The van der Waals surface area contributed by atoms with Gasteiger partial charge in [-0.05, 0) is 56.9 Å². The molecule has 0 amide bonds. The van der Waals surface area contributed by atoms with Crippen molar-refractivity contribution in [2.75, 3.05) is 51.8 Å². The third kappa shape index (κ3) is 6.71. The molecule has 0 saturated carbocycles. The Labute approximate surface area is 180 Å². The number of piperidine rings is 1. The van der Waals surface area contributed by atoms with Crippen LogP contribution in [0, 0.1) is 5.92 Å². The van der Waals surface area contributed by atoms with Crippen LogP contribution >= 0.6 is 24.0 Å². The number of halogens is 1. The summed E-state index contributed by atoms with van der Waals surface area (Å²) >= 11 is 0. The largest absolute Gasteiger partial charge is 0.490 e. The summed E-state index contributed by atoms with van der Waals surface area (Å²) in [5.41, 5.74) is 0.957. The quantitative estimate of drug-likeness (QED) is 0.377. The fourth-order valence-corrected chi connectivity index (χ4v) is 3.54. The van der Waals surface area contributed by atoms with Crippen LogP contribution in [0.5, 0.6) is 11.5 Å². The molecule has 0 spiro atoms. The minimum atomic E-state index is 0. The molecule has 7 heteroatoms. The molecule has 0 atom stereocenters. The Kier molecular flexibility index (Phi) is 9.47. The van der Waals surface area contributed by atoms with E-state index in [9.17, 15) is 0 Å². The van der Waals surface area contributed by atoms with Gasteiger partial charge in [-0.25, -0.2) is 0 Å². The second kappa shape index (κ2) is 11.6. The first kappa shape index (κ1) is 22.1. The van der Waals surface area contributed by atoms with Crippen LogP contribution < -0.4 is 20.1 Å². The molecule has 1 aromatic carbocycles. The van der Waals surface area contributed by atoms with E-state index in [0.29, 0.717) is 13.2 Å². The molecule has 0 unspecified atom stereocenters. The van der Waals surface area contributed by atoms with E-state index in [1.54, 1.807) is 7.05 Å². The van der Waals surface area contributed by atoms with E-state index >= 15 is 0 Å². The Morgan fingerprint density at radius 3 is 2.63 bits per heavy atom.